The fourth-order valence-electron chi connectivity index (χ4n) is 3.53. The molecular weight excluding hydrogens is 356 g/mol. The molecule has 3 aromatic rings. The van der Waals surface area contributed by atoms with E-state index in [-0.39, 0.29) is 6.04 Å². The molecule has 4 rings (SSSR count). The van der Waals surface area contributed by atoms with Gasteiger partial charge in [0, 0.05) is 23.4 Å². The van der Waals surface area contributed by atoms with E-state index in [1.54, 1.807) is 20.3 Å². The van der Waals surface area contributed by atoms with Crippen LogP contribution >= 0.6 is 0 Å². The number of nitrogens with one attached hydrogen (secondary N) is 1. The van der Waals surface area contributed by atoms with Gasteiger partial charge in [0.25, 0.3) is 0 Å². The van der Waals surface area contributed by atoms with E-state index < -0.39 is 5.97 Å². The third kappa shape index (κ3) is 2.93. The summed E-state index contributed by atoms with van der Waals surface area (Å²) in [5, 5.41) is 3.48. The van der Waals surface area contributed by atoms with Crippen molar-refractivity contribution >= 4 is 11.8 Å². The summed E-state index contributed by atoms with van der Waals surface area (Å²) in [4.78, 5) is 16.5. The van der Waals surface area contributed by atoms with Gasteiger partial charge < -0.3 is 19.5 Å². The first-order valence-corrected chi connectivity index (χ1v) is 8.82. The number of hydrogen-bond acceptors (Lipinski definition) is 6. The Morgan fingerprint density at radius 1 is 1.00 bits per heavy atom. The molecule has 1 aliphatic rings. The highest BCUT2D eigenvalue weighted by molar-refractivity contribution is 5.94. The maximum Gasteiger partial charge on any atom is 0.339 e. The van der Waals surface area contributed by atoms with Crippen LogP contribution in [0.25, 0.3) is 11.1 Å². The first-order valence-electron chi connectivity index (χ1n) is 8.82. The number of ether oxygens (including phenoxy) is 3. The quantitative estimate of drug-likeness (QED) is 0.693. The summed E-state index contributed by atoms with van der Waals surface area (Å²) < 4.78 is 16.0. The minimum absolute atomic E-state index is 0.152. The number of pyridine rings is 1. The number of carbonyl (C=O) groups is 1. The van der Waals surface area contributed by atoms with Crippen molar-refractivity contribution in [3.05, 3.63) is 71.4 Å². The third-order valence-corrected chi connectivity index (χ3v) is 4.87. The molecule has 0 saturated carbocycles. The molecule has 1 aromatic heterocycles. The number of hydrogen-bond donors (Lipinski definition) is 1. The molecule has 1 aliphatic heterocycles. The minimum Gasteiger partial charge on any atom is -0.497 e. The molecule has 28 heavy (non-hydrogen) atoms. The van der Waals surface area contributed by atoms with Gasteiger partial charge >= 0.3 is 5.97 Å². The van der Waals surface area contributed by atoms with Crippen LogP contribution in [0.15, 0.2) is 54.7 Å². The normalized spacial score (nSPS) is 14.3. The molecule has 1 N–H and O–H groups in total. The van der Waals surface area contributed by atoms with E-state index >= 15 is 0 Å². The van der Waals surface area contributed by atoms with Crippen LogP contribution in [0.5, 0.6) is 11.5 Å². The average molecular weight is 376 g/mol. The number of anilines is 1. The highest BCUT2D eigenvalue weighted by Gasteiger charge is 2.31. The number of esters is 1. The predicted octanol–water partition coefficient (Wildman–Crippen LogP) is 4.07. The van der Waals surface area contributed by atoms with Crippen molar-refractivity contribution in [1.82, 2.24) is 4.98 Å². The van der Waals surface area contributed by atoms with E-state index in [0.717, 1.165) is 22.3 Å². The van der Waals surface area contributed by atoms with Crippen LogP contribution in [0.1, 0.15) is 27.5 Å². The number of methoxy groups -OCH3 is 3. The Morgan fingerprint density at radius 3 is 2.46 bits per heavy atom. The molecule has 0 bridgehead atoms. The van der Waals surface area contributed by atoms with Gasteiger partial charge in [-0.1, -0.05) is 30.3 Å². The molecule has 1 atom stereocenters. The van der Waals surface area contributed by atoms with Gasteiger partial charge in [0.15, 0.2) is 0 Å². The average Bonchev–Trinajstić information content (AvgIpc) is 2.77. The molecule has 142 valence electrons. The predicted molar refractivity (Wildman–Crippen MR) is 106 cm³/mol. The monoisotopic (exact) mass is 376 g/mol. The number of rotatable bonds is 4. The second kappa shape index (κ2) is 7.23. The van der Waals surface area contributed by atoms with Crippen molar-refractivity contribution < 1.29 is 19.0 Å². The van der Waals surface area contributed by atoms with Crippen LogP contribution in [-0.2, 0) is 4.74 Å². The van der Waals surface area contributed by atoms with Crippen LogP contribution in [-0.4, -0.2) is 32.3 Å². The van der Waals surface area contributed by atoms with Gasteiger partial charge in [-0.15, -0.1) is 0 Å². The summed E-state index contributed by atoms with van der Waals surface area (Å²) in [5.74, 6) is 1.62. The maximum absolute atomic E-state index is 12.0. The topological polar surface area (TPSA) is 69.7 Å². The van der Waals surface area contributed by atoms with E-state index in [1.165, 1.54) is 13.3 Å². The fourth-order valence-corrected chi connectivity index (χ4v) is 3.53. The molecule has 6 heteroatoms. The number of benzene rings is 2. The molecular formula is C22H20N2O4. The molecule has 6 nitrogen and oxygen atoms in total. The van der Waals surface area contributed by atoms with Crippen molar-refractivity contribution in [3.8, 4) is 22.6 Å². The van der Waals surface area contributed by atoms with Gasteiger partial charge in [-0.2, -0.15) is 0 Å². The largest absolute Gasteiger partial charge is 0.497 e. The highest BCUT2D eigenvalue weighted by Crippen LogP contribution is 2.48. The SMILES string of the molecule is COC(=O)c1cnc2c(c1)-c1cc(OC)cc(OC)c1C(c1ccccc1)N2. The summed E-state index contributed by atoms with van der Waals surface area (Å²) in [5.41, 5.74) is 4.12. The number of aromatic nitrogens is 1. The molecule has 1 unspecified atom stereocenters. The Morgan fingerprint density at radius 2 is 1.79 bits per heavy atom. The van der Waals surface area contributed by atoms with Crippen LogP contribution in [0.2, 0.25) is 0 Å². The summed E-state index contributed by atoms with van der Waals surface area (Å²) in [6.45, 7) is 0. The molecule has 0 amide bonds. The van der Waals surface area contributed by atoms with Crippen LogP contribution < -0.4 is 14.8 Å². The number of carbonyl (C=O) groups excluding carboxylic acids is 1. The first-order chi connectivity index (χ1) is 13.7. The summed E-state index contributed by atoms with van der Waals surface area (Å²) in [6, 6.07) is 15.5. The van der Waals surface area contributed by atoms with Crippen LogP contribution in [0, 0.1) is 0 Å². The molecule has 0 aliphatic carbocycles. The van der Waals surface area contributed by atoms with Gasteiger partial charge in [-0.3, -0.25) is 0 Å². The zero-order chi connectivity index (χ0) is 19.7. The number of fused-ring (bicyclic) bond motifs is 3. The lowest BCUT2D eigenvalue weighted by molar-refractivity contribution is 0.0600. The molecule has 0 fully saturated rings. The zero-order valence-corrected chi connectivity index (χ0v) is 15.9. The Kier molecular flexibility index (Phi) is 4.61. The Hall–Kier alpha value is -3.54. The first kappa shape index (κ1) is 17.9. The summed E-state index contributed by atoms with van der Waals surface area (Å²) in [7, 11) is 4.60. The Bertz CT molecular complexity index is 1030. The summed E-state index contributed by atoms with van der Waals surface area (Å²) in [6.07, 6.45) is 1.52. The third-order valence-electron chi connectivity index (χ3n) is 4.87. The van der Waals surface area contributed by atoms with Gasteiger partial charge in [0.05, 0.1) is 32.9 Å². The minimum atomic E-state index is -0.433. The van der Waals surface area contributed by atoms with Crippen LogP contribution in [0.3, 0.4) is 0 Å². The highest BCUT2D eigenvalue weighted by atomic mass is 16.5. The molecule has 2 heterocycles. The lowest BCUT2D eigenvalue weighted by Crippen LogP contribution is -2.20. The standard InChI is InChI=1S/C22H20N2O4/c1-26-15-10-16-17-9-14(22(25)28-3)12-23-21(17)24-20(13-7-5-4-6-8-13)19(16)18(11-15)27-2/h4-12,20H,1-3H3,(H,23,24). The van der Waals surface area contributed by atoms with E-state index in [0.29, 0.717) is 22.9 Å². The van der Waals surface area contributed by atoms with Crippen LogP contribution in [0.4, 0.5) is 5.82 Å². The maximum atomic E-state index is 12.0. The molecule has 0 spiro atoms. The second-order valence-corrected chi connectivity index (χ2v) is 6.39. The molecule has 0 radical (unpaired) electrons. The van der Waals surface area contributed by atoms with Crippen molar-refractivity contribution in [2.75, 3.05) is 26.6 Å². The van der Waals surface area contributed by atoms with E-state index in [9.17, 15) is 4.79 Å². The van der Waals surface area contributed by atoms with Crippen molar-refractivity contribution in [2.45, 2.75) is 6.04 Å². The Labute approximate surface area is 163 Å². The van der Waals surface area contributed by atoms with Crippen molar-refractivity contribution in [1.29, 1.82) is 0 Å². The molecule has 2 aromatic carbocycles. The van der Waals surface area contributed by atoms with E-state index in [1.807, 2.05) is 30.3 Å². The van der Waals surface area contributed by atoms with Gasteiger partial charge in [-0.05, 0) is 23.3 Å². The van der Waals surface area contributed by atoms with Gasteiger partial charge in [-0.25, -0.2) is 9.78 Å². The lowest BCUT2D eigenvalue weighted by atomic mass is 9.86. The van der Waals surface area contributed by atoms with E-state index in [2.05, 4.69) is 22.4 Å². The number of nitrogens with zero attached hydrogens (tertiary/aromatic N) is 1. The van der Waals surface area contributed by atoms with E-state index in [4.69, 9.17) is 14.2 Å². The van der Waals surface area contributed by atoms with Gasteiger partial charge in [0.2, 0.25) is 0 Å². The Balaban J connectivity index is 1.98. The van der Waals surface area contributed by atoms with Crippen molar-refractivity contribution in [3.63, 3.8) is 0 Å². The molecule has 0 saturated heterocycles. The second-order valence-electron chi connectivity index (χ2n) is 6.39. The van der Waals surface area contributed by atoms with Gasteiger partial charge in [0.1, 0.15) is 17.3 Å². The van der Waals surface area contributed by atoms with Crippen molar-refractivity contribution in [2.24, 2.45) is 0 Å². The zero-order valence-electron chi connectivity index (χ0n) is 15.9. The lowest BCUT2D eigenvalue weighted by Gasteiger charge is -2.31. The smallest absolute Gasteiger partial charge is 0.339 e. The summed E-state index contributed by atoms with van der Waals surface area (Å²) >= 11 is 0. The fraction of sp³-hybridized carbons (Fsp3) is 0.182.